The Kier molecular flexibility index (Phi) is 5.30. The number of carbonyl (C=O) groups is 1. The highest BCUT2D eigenvalue weighted by molar-refractivity contribution is 5.86. The molecule has 3 N–H and O–H groups in total. The molecule has 1 amide bonds. The highest BCUT2D eigenvalue weighted by atomic mass is 19.1. The third kappa shape index (κ3) is 3.50. The maximum absolute atomic E-state index is 13.7. The standard InChI is InChI=1S/C18H28FN3O/c1-5-6-7-16(17(23)21-20)22-15-9-8-13(19)10-14(15)12(2)11-18(22,3)4/h8-10,12,16H,5-7,11,20H2,1-4H3,(H,21,23)/t12-,16-/m1/s1. The number of hydrogen-bond donors (Lipinski definition) is 2. The van der Waals surface area contributed by atoms with Crippen molar-refractivity contribution >= 4 is 11.6 Å². The van der Waals surface area contributed by atoms with Crippen LogP contribution in [0.4, 0.5) is 10.1 Å². The van der Waals surface area contributed by atoms with Gasteiger partial charge < -0.3 is 4.90 Å². The van der Waals surface area contributed by atoms with E-state index in [-0.39, 0.29) is 29.2 Å². The molecule has 0 unspecified atom stereocenters. The van der Waals surface area contributed by atoms with E-state index < -0.39 is 0 Å². The van der Waals surface area contributed by atoms with Gasteiger partial charge in [0.1, 0.15) is 11.9 Å². The lowest BCUT2D eigenvalue weighted by molar-refractivity contribution is -0.123. The van der Waals surface area contributed by atoms with Gasteiger partial charge in [-0.15, -0.1) is 0 Å². The summed E-state index contributed by atoms with van der Waals surface area (Å²) in [6.45, 7) is 8.49. The van der Waals surface area contributed by atoms with E-state index in [1.54, 1.807) is 12.1 Å². The third-order valence-electron chi connectivity index (χ3n) is 4.83. The Morgan fingerprint density at radius 1 is 1.52 bits per heavy atom. The molecule has 2 rings (SSSR count). The zero-order valence-electron chi connectivity index (χ0n) is 14.5. The molecule has 0 spiro atoms. The van der Waals surface area contributed by atoms with E-state index in [0.717, 1.165) is 36.9 Å². The molecule has 1 aromatic carbocycles. The fourth-order valence-corrected chi connectivity index (χ4v) is 3.88. The number of nitrogens with zero attached hydrogens (tertiary/aromatic N) is 1. The van der Waals surface area contributed by atoms with E-state index in [9.17, 15) is 9.18 Å². The number of fused-ring (bicyclic) bond motifs is 1. The summed E-state index contributed by atoms with van der Waals surface area (Å²) in [6.07, 6.45) is 3.55. The number of hydrogen-bond acceptors (Lipinski definition) is 3. The lowest BCUT2D eigenvalue weighted by Crippen LogP contribution is -2.59. The summed E-state index contributed by atoms with van der Waals surface area (Å²) in [6, 6.07) is 4.52. The zero-order valence-corrected chi connectivity index (χ0v) is 14.5. The normalized spacial score (nSPS) is 20.8. The minimum absolute atomic E-state index is 0.184. The third-order valence-corrected chi connectivity index (χ3v) is 4.83. The molecule has 0 radical (unpaired) electrons. The molecule has 0 aromatic heterocycles. The number of halogens is 1. The predicted octanol–water partition coefficient (Wildman–Crippen LogP) is 3.47. The summed E-state index contributed by atoms with van der Waals surface area (Å²) >= 11 is 0. The molecule has 1 aliphatic rings. The van der Waals surface area contributed by atoms with Gasteiger partial charge in [0, 0.05) is 11.2 Å². The number of nitrogens with two attached hydrogens (primary N) is 1. The van der Waals surface area contributed by atoms with Crippen LogP contribution in [0.2, 0.25) is 0 Å². The number of amides is 1. The molecule has 0 saturated heterocycles. The average molecular weight is 321 g/mol. The first kappa shape index (κ1) is 17.7. The van der Waals surface area contributed by atoms with Crippen molar-refractivity contribution < 1.29 is 9.18 Å². The van der Waals surface area contributed by atoms with Crippen molar-refractivity contribution in [2.24, 2.45) is 5.84 Å². The van der Waals surface area contributed by atoms with E-state index in [1.165, 1.54) is 6.07 Å². The molecular weight excluding hydrogens is 293 g/mol. The highest BCUT2D eigenvalue weighted by Gasteiger charge is 2.42. The Bertz CT molecular complexity index is 573. The van der Waals surface area contributed by atoms with Crippen LogP contribution >= 0.6 is 0 Å². The van der Waals surface area contributed by atoms with Crippen molar-refractivity contribution in [1.82, 2.24) is 5.43 Å². The van der Waals surface area contributed by atoms with Crippen LogP contribution in [0, 0.1) is 5.82 Å². The van der Waals surface area contributed by atoms with Crippen LogP contribution in [-0.4, -0.2) is 17.5 Å². The number of rotatable bonds is 5. The van der Waals surface area contributed by atoms with Gasteiger partial charge in [0.05, 0.1) is 0 Å². The second-order valence-electron chi connectivity index (χ2n) is 7.16. The van der Waals surface area contributed by atoms with Crippen LogP contribution in [-0.2, 0) is 4.79 Å². The monoisotopic (exact) mass is 321 g/mol. The molecule has 0 bridgehead atoms. The van der Waals surface area contributed by atoms with Crippen LogP contribution in [0.15, 0.2) is 18.2 Å². The number of hydrazine groups is 1. The van der Waals surface area contributed by atoms with E-state index in [1.807, 2.05) is 0 Å². The van der Waals surface area contributed by atoms with Crippen molar-refractivity contribution in [1.29, 1.82) is 0 Å². The van der Waals surface area contributed by atoms with Crippen molar-refractivity contribution in [2.75, 3.05) is 4.90 Å². The first-order chi connectivity index (χ1) is 10.8. The lowest BCUT2D eigenvalue weighted by Gasteiger charge is -2.50. The number of unbranched alkanes of at least 4 members (excludes halogenated alkanes) is 1. The Morgan fingerprint density at radius 3 is 2.83 bits per heavy atom. The SMILES string of the molecule is CCCC[C@H](C(=O)NN)N1c2ccc(F)cc2[C@H](C)CC1(C)C. The van der Waals surface area contributed by atoms with Gasteiger partial charge in [-0.3, -0.25) is 10.2 Å². The van der Waals surface area contributed by atoms with Crippen molar-refractivity contribution in [3.63, 3.8) is 0 Å². The molecule has 5 heteroatoms. The summed E-state index contributed by atoms with van der Waals surface area (Å²) in [5.41, 5.74) is 4.02. The second-order valence-corrected chi connectivity index (χ2v) is 7.16. The van der Waals surface area contributed by atoms with Crippen molar-refractivity contribution in [3.8, 4) is 0 Å². The summed E-state index contributed by atoms with van der Waals surface area (Å²) in [7, 11) is 0. The van der Waals surface area contributed by atoms with Crippen molar-refractivity contribution in [3.05, 3.63) is 29.6 Å². The Morgan fingerprint density at radius 2 is 2.22 bits per heavy atom. The largest absolute Gasteiger partial charge is 0.354 e. The van der Waals surface area contributed by atoms with Gasteiger partial charge in [-0.05, 0) is 56.4 Å². The molecule has 2 atom stereocenters. The zero-order chi connectivity index (χ0) is 17.2. The quantitative estimate of drug-likeness (QED) is 0.496. The van der Waals surface area contributed by atoms with Gasteiger partial charge in [-0.2, -0.15) is 0 Å². The predicted molar refractivity (Wildman–Crippen MR) is 91.6 cm³/mol. The van der Waals surface area contributed by atoms with Gasteiger partial charge in [0.25, 0.3) is 5.91 Å². The Hall–Kier alpha value is -1.62. The molecular formula is C18H28FN3O. The van der Waals surface area contributed by atoms with Gasteiger partial charge in [0.15, 0.2) is 0 Å². The molecule has 23 heavy (non-hydrogen) atoms. The van der Waals surface area contributed by atoms with E-state index in [0.29, 0.717) is 0 Å². The Labute approximate surface area is 138 Å². The fourth-order valence-electron chi connectivity index (χ4n) is 3.88. The number of nitrogens with one attached hydrogen (secondary N) is 1. The second kappa shape index (κ2) is 6.87. The summed E-state index contributed by atoms with van der Waals surface area (Å²) < 4.78 is 13.7. The minimum Gasteiger partial charge on any atom is -0.354 e. The van der Waals surface area contributed by atoms with E-state index in [4.69, 9.17) is 5.84 Å². The number of anilines is 1. The number of carbonyl (C=O) groups excluding carboxylic acids is 1. The minimum atomic E-state index is -0.341. The highest BCUT2D eigenvalue weighted by Crippen LogP contribution is 2.45. The molecule has 1 aromatic rings. The molecule has 0 saturated carbocycles. The molecule has 1 aliphatic heterocycles. The van der Waals surface area contributed by atoms with Gasteiger partial charge >= 0.3 is 0 Å². The average Bonchev–Trinajstić information content (AvgIpc) is 2.49. The molecule has 0 aliphatic carbocycles. The van der Waals surface area contributed by atoms with Crippen LogP contribution in [0.25, 0.3) is 0 Å². The molecule has 0 fully saturated rings. The topological polar surface area (TPSA) is 58.4 Å². The lowest BCUT2D eigenvalue weighted by atomic mass is 9.78. The van der Waals surface area contributed by atoms with Gasteiger partial charge in [-0.1, -0.05) is 26.7 Å². The smallest absolute Gasteiger partial charge is 0.256 e. The van der Waals surface area contributed by atoms with E-state index >= 15 is 0 Å². The fraction of sp³-hybridized carbons (Fsp3) is 0.611. The van der Waals surface area contributed by atoms with Gasteiger partial charge in [-0.25, -0.2) is 10.2 Å². The van der Waals surface area contributed by atoms with Crippen LogP contribution < -0.4 is 16.2 Å². The Balaban J connectivity index is 2.52. The summed E-state index contributed by atoms with van der Waals surface area (Å²) in [4.78, 5) is 14.5. The maximum atomic E-state index is 13.7. The maximum Gasteiger partial charge on any atom is 0.256 e. The molecule has 4 nitrogen and oxygen atoms in total. The molecule has 128 valence electrons. The molecule has 1 heterocycles. The van der Waals surface area contributed by atoms with Crippen LogP contribution in [0.5, 0.6) is 0 Å². The van der Waals surface area contributed by atoms with Crippen molar-refractivity contribution in [2.45, 2.75) is 70.9 Å². The van der Waals surface area contributed by atoms with E-state index in [2.05, 4.69) is 38.0 Å². The summed E-state index contributed by atoms with van der Waals surface area (Å²) in [5.74, 6) is 5.26. The van der Waals surface area contributed by atoms with Crippen LogP contribution in [0.3, 0.4) is 0 Å². The first-order valence-corrected chi connectivity index (χ1v) is 8.41. The van der Waals surface area contributed by atoms with Crippen LogP contribution in [0.1, 0.15) is 64.9 Å². The van der Waals surface area contributed by atoms with Gasteiger partial charge in [0.2, 0.25) is 0 Å². The summed E-state index contributed by atoms with van der Waals surface area (Å²) in [5, 5.41) is 0. The first-order valence-electron chi connectivity index (χ1n) is 8.41. The number of benzene rings is 1.